The number of aryl methyl sites for hydroxylation is 2. The minimum atomic E-state index is -3.64. The van der Waals surface area contributed by atoms with Crippen LogP contribution in [0.2, 0.25) is 4.34 Å². The third-order valence-corrected chi connectivity index (χ3v) is 7.05. The van der Waals surface area contributed by atoms with Gasteiger partial charge in [0.05, 0.1) is 14.1 Å². The molecule has 28 heavy (non-hydrogen) atoms. The molecule has 1 aromatic heterocycles. The van der Waals surface area contributed by atoms with Gasteiger partial charge >= 0.3 is 0 Å². The van der Waals surface area contributed by atoms with Gasteiger partial charge in [-0.2, -0.15) is 0 Å². The number of carbonyl (C=O) groups is 1. The van der Waals surface area contributed by atoms with Crippen molar-refractivity contribution in [1.29, 1.82) is 0 Å². The van der Waals surface area contributed by atoms with Crippen molar-refractivity contribution in [1.82, 2.24) is 10.0 Å². The number of hydrogen-bond donors (Lipinski definition) is 2. The number of nitrogens with one attached hydrogen (secondary N) is 2. The summed E-state index contributed by atoms with van der Waals surface area (Å²) < 4.78 is 28.0. The van der Waals surface area contributed by atoms with E-state index in [0.29, 0.717) is 22.0 Å². The molecule has 2 heterocycles. The van der Waals surface area contributed by atoms with Crippen LogP contribution in [0.3, 0.4) is 0 Å². The molecule has 1 aliphatic heterocycles. The van der Waals surface area contributed by atoms with Crippen LogP contribution in [0, 0.1) is 13.8 Å². The van der Waals surface area contributed by atoms with Crippen molar-refractivity contribution in [3.8, 4) is 0 Å². The van der Waals surface area contributed by atoms with E-state index in [1.807, 2.05) is 19.1 Å². The molecule has 1 aliphatic rings. The Labute approximate surface area is 172 Å². The molecule has 0 aliphatic carbocycles. The lowest BCUT2D eigenvalue weighted by Gasteiger charge is -2.12. The van der Waals surface area contributed by atoms with Crippen LogP contribution in [0.5, 0.6) is 0 Å². The maximum absolute atomic E-state index is 12.4. The standard InChI is InChI=1S/C18H20ClN3O4S2/c1-11-3-4-12(2)16(9-11)28(24,25)21-8-7-20-18(23)14-10-13(22-26-14)15-5-6-17(19)27-15/h3-6,9,14,21H,7-8,10H2,1-2H3,(H,20,23). The normalized spacial score (nSPS) is 16.5. The summed E-state index contributed by atoms with van der Waals surface area (Å²) in [6, 6.07) is 8.84. The molecule has 1 unspecified atom stereocenters. The quantitative estimate of drug-likeness (QED) is 0.645. The Morgan fingerprint density at radius 2 is 2.07 bits per heavy atom. The Morgan fingerprint density at radius 3 is 2.79 bits per heavy atom. The van der Waals surface area contributed by atoms with Gasteiger partial charge < -0.3 is 10.2 Å². The zero-order valence-electron chi connectivity index (χ0n) is 15.4. The number of sulfonamides is 1. The first-order chi connectivity index (χ1) is 13.3. The second kappa shape index (κ2) is 8.60. The summed E-state index contributed by atoms with van der Waals surface area (Å²) in [5.74, 6) is -0.340. The van der Waals surface area contributed by atoms with Crippen LogP contribution >= 0.6 is 22.9 Å². The molecule has 0 saturated heterocycles. The maximum Gasteiger partial charge on any atom is 0.264 e. The number of thiophene rings is 1. The third kappa shape index (κ3) is 4.91. The maximum atomic E-state index is 12.4. The minimum Gasteiger partial charge on any atom is -0.382 e. The fourth-order valence-corrected chi connectivity index (χ4v) is 5.08. The lowest BCUT2D eigenvalue weighted by Crippen LogP contribution is -2.39. The number of hydrogen-bond acceptors (Lipinski definition) is 6. The first kappa shape index (κ1) is 20.8. The summed E-state index contributed by atoms with van der Waals surface area (Å²) in [6.45, 7) is 3.79. The van der Waals surface area contributed by atoms with Crippen LogP contribution in [0.25, 0.3) is 0 Å². The number of nitrogens with zero attached hydrogens (tertiary/aromatic N) is 1. The van der Waals surface area contributed by atoms with E-state index in [9.17, 15) is 13.2 Å². The third-order valence-electron chi connectivity index (χ3n) is 4.17. The van der Waals surface area contributed by atoms with Crippen molar-refractivity contribution >= 4 is 44.6 Å². The molecule has 0 fully saturated rings. The highest BCUT2D eigenvalue weighted by Gasteiger charge is 2.29. The average molecular weight is 442 g/mol. The number of amides is 1. The minimum absolute atomic E-state index is 0.0718. The van der Waals surface area contributed by atoms with Crippen LogP contribution in [-0.4, -0.2) is 39.2 Å². The van der Waals surface area contributed by atoms with Gasteiger partial charge in [-0.3, -0.25) is 4.79 Å². The summed E-state index contributed by atoms with van der Waals surface area (Å²) in [6.07, 6.45) is -0.386. The highest BCUT2D eigenvalue weighted by atomic mass is 35.5. The first-order valence-electron chi connectivity index (χ1n) is 8.59. The predicted molar refractivity (Wildman–Crippen MR) is 109 cm³/mol. The second-order valence-corrected chi connectivity index (χ2v) is 9.85. The molecule has 1 aromatic carbocycles. The molecule has 1 atom stereocenters. The van der Waals surface area contributed by atoms with Crippen LogP contribution < -0.4 is 10.0 Å². The molecule has 0 radical (unpaired) electrons. The second-order valence-electron chi connectivity index (χ2n) is 6.40. The van der Waals surface area contributed by atoms with Crippen molar-refractivity contribution in [2.75, 3.05) is 13.1 Å². The number of oxime groups is 1. The Kier molecular flexibility index (Phi) is 6.39. The van der Waals surface area contributed by atoms with E-state index < -0.39 is 16.1 Å². The fourth-order valence-electron chi connectivity index (χ4n) is 2.69. The smallest absolute Gasteiger partial charge is 0.264 e. The summed E-state index contributed by atoms with van der Waals surface area (Å²) in [5.41, 5.74) is 2.20. The lowest BCUT2D eigenvalue weighted by atomic mass is 10.1. The molecule has 3 rings (SSSR count). The highest BCUT2D eigenvalue weighted by Crippen LogP contribution is 2.26. The van der Waals surface area contributed by atoms with Gasteiger partial charge in [-0.1, -0.05) is 28.9 Å². The molecular formula is C18H20ClN3O4S2. The SMILES string of the molecule is Cc1ccc(C)c(S(=O)(=O)NCCNC(=O)C2CC(c3ccc(Cl)s3)=NO2)c1. The van der Waals surface area contributed by atoms with Crippen molar-refractivity contribution in [2.45, 2.75) is 31.3 Å². The Bertz CT molecular complexity index is 1020. The summed E-state index contributed by atoms with van der Waals surface area (Å²) >= 11 is 7.28. The fraction of sp³-hybridized carbons (Fsp3) is 0.333. The molecule has 0 saturated carbocycles. The summed E-state index contributed by atoms with van der Waals surface area (Å²) in [5, 5.41) is 6.61. The van der Waals surface area contributed by atoms with E-state index in [1.54, 1.807) is 25.1 Å². The van der Waals surface area contributed by atoms with Crippen molar-refractivity contribution in [3.63, 3.8) is 0 Å². The van der Waals surface area contributed by atoms with Gasteiger partial charge in [-0.25, -0.2) is 13.1 Å². The molecule has 1 amide bonds. The van der Waals surface area contributed by atoms with E-state index in [0.717, 1.165) is 10.4 Å². The van der Waals surface area contributed by atoms with Gasteiger partial charge in [0.1, 0.15) is 5.71 Å². The molecule has 10 heteroatoms. The molecular weight excluding hydrogens is 422 g/mol. The van der Waals surface area contributed by atoms with Gasteiger partial charge in [0.2, 0.25) is 16.1 Å². The zero-order chi connectivity index (χ0) is 20.3. The highest BCUT2D eigenvalue weighted by molar-refractivity contribution is 7.89. The van der Waals surface area contributed by atoms with E-state index >= 15 is 0 Å². The number of rotatable bonds is 7. The van der Waals surface area contributed by atoms with Gasteiger partial charge in [0, 0.05) is 19.5 Å². The van der Waals surface area contributed by atoms with E-state index in [1.165, 1.54) is 11.3 Å². The molecule has 2 N–H and O–H groups in total. The van der Waals surface area contributed by atoms with Gasteiger partial charge in [0.15, 0.2) is 0 Å². The zero-order valence-corrected chi connectivity index (χ0v) is 17.7. The van der Waals surface area contributed by atoms with Crippen LogP contribution in [0.15, 0.2) is 40.4 Å². The van der Waals surface area contributed by atoms with Crippen molar-refractivity contribution in [2.24, 2.45) is 5.16 Å². The van der Waals surface area contributed by atoms with Gasteiger partial charge in [0.25, 0.3) is 5.91 Å². The molecule has 7 nitrogen and oxygen atoms in total. The topological polar surface area (TPSA) is 96.9 Å². The van der Waals surface area contributed by atoms with E-state index in [4.69, 9.17) is 16.4 Å². The summed E-state index contributed by atoms with van der Waals surface area (Å²) in [7, 11) is -3.64. The monoisotopic (exact) mass is 441 g/mol. The number of carbonyl (C=O) groups excluding carboxylic acids is 1. The number of benzene rings is 1. The predicted octanol–water partition coefficient (Wildman–Crippen LogP) is 2.61. The van der Waals surface area contributed by atoms with Crippen LogP contribution in [0.4, 0.5) is 0 Å². The largest absolute Gasteiger partial charge is 0.382 e. The molecule has 0 spiro atoms. The lowest BCUT2D eigenvalue weighted by molar-refractivity contribution is -0.131. The van der Waals surface area contributed by atoms with E-state index in [-0.39, 0.29) is 23.9 Å². The molecule has 0 bridgehead atoms. The number of halogens is 1. The van der Waals surface area contributed by atoms with Crippen LogP contribution in [-0.2, 0) is 19.7 Å². The Hall–Kier alpha value is -1.94. The average Bonchev–Trinajstić information content (AvgIpc) is 3.29. The Morgan fingerprint density at radius 1 is 1.29 bits per heavy atom. The molecule has 150 valence electrons. The Balaban J connectivity index is 1.47. The van der Waals surface area contributed by atoms with E-state index in [2.05, 4.69) is 15.2 Å². The molecule has 2 aromatic rings. The van der Waals surface area contributed by atoms with Crippen molar-refractivity contribution < 1.29 is 18.0 Å². The van der Waals surface area contributed by atoms with Crippen LogP contribution in [0.1, 0.15) is 22.4 Å². The van der Waals surface area contributed by atoms with Gasteiger partial charge in [-0.15, -0.1) is 11.3 Å². The summed E-state index contributed by atoms with van der Waals surface area (Å²) in [4.78, 5) is 18.5. The van der Waals surface area contributed by atoms with Gasteiger partial charge in [-0.05, 0) is 43.2 Å². The first-order valence-corrected chi connectivity index (χ1v) is 11.3. The van der Waals surface area contributed by atoms with Crippen molar-refractivity contribution in [3.05, 3.63) is 50.7 Å².